The van der Waals surface area contributed by atoms with Gasteiger partial charge in [-0.15, -0.1) is 0 Å². The highest BCUT2D eigenvalue weighted by atomic mass is 35.5. The number of methoxy groups -OCH3 is 1. The summed E-state index contributed by atoms with van der Waals surface area (Å²) in [6.07, 6.45) is 1.66. The van der Waals surface area contributed by atoms with E-state index in [4.69, 9.17) is 27.9 Å². The lowest BCUT2D eigenvalue weighted by molar-refractivity contribution is -0.141. The normalized spacial score (nSPS) is 12.1. The summed E-state index contributed by atoms with van der Waals surface area (Å²) in [7, 11) is -2.20. The Labute approximate surface area is 258 Å². The Morgan fingerprint density at radius 1 is 0.952 bits per heavy atom. The summed E-state index contributed by atoms with van der Waals surface area (Å²) >= 11 is 12.3. The first kappa shape index (κ1) is 33.2. The SMILES string of the molecule is COc1ccc(N(CCCC(=O)N(Cc2ccc(Cl)cc2)[C@@H](Cc2ccccc2)C(=O)NC(C)C)S(C)(=O)=O)cc1Cl. The summed E-state index contributed by atoms with van der Waals surface area (Å²) in [5.41, 5.74) is 2.09. The molecule has 0 aromatic heterocycles. The molecule has 0 radical (unpaired) electrons. The number of nitrogens with zero attached hydrogens (tertiary/aromatic N) is 2. The molecule has 3 aromatic carbocycles. The van der Waals surface area contributed by atoms with Gasteiger partial charge in [0.25, 0.3) is 0 Å². The molecule has 0 saturated heterocycles. The van der Waals surface area contributed by atoms with Crippen molar-refractivity contribution in [2.75, 3.05) is 24.2 Å². The second-order valence-electron chi connectivity index (χ2n) is 10.3. The number of sulfonamides is 1. The van der Waals surface area contributed by atoms with Crippen molar-refractivity contribution in [3.05, 3.63) is 94.0 Å². The highest BCUT2D eigenvalue weighted by Crippen LogP contribution is 2.30. The van der Waals surface area contributed by atoms with Gasteiger partial charge < -0.3 is 15.0 Å². The van der Waals surface area contributed by atoms with Crippen LogP contribution in [-0.2, 0) is 32.6 Å². The van der Waals surface area contributed by atoms with Crippen molar-refractivity contribution >= 4 is 50.7 Å². The number of hydrogen-bond donors (Lipinski definition) is 1. The third-order valence-electron chi connectivity index (χ3n) is 6.54. The van der Waals surface area contributed by atoms with Gasteiger partial charge in [0.1, 0.15) is 11.8 Å². The standard InChI is InChI=1S/C31H37Cl2N3O5S/c1-22(2)34-31(38)28(19-23-9-6-5-7-10-23)35(21-24-12-14-25(32)15-13-24)30(37)11-8-18-36(42(4,39)40)26-16-17-29(41-3)27(33)20-26/h5-7,9-10,12-17,20,22,28H,8,11,18-19,21H2,1-4H3,(H,34,38)/t28-/m0/s1. The number of ether oxygens (including phenoxy) is 1. The number of nitrogens with one attached hydrogen (secondary N) is 1. The number of anilines is 1. The molecule has 0 aliphatic heterocycles. The van der Waals surface area contributed by atoms with Crippen LogP contribution in [0.5, 0.6) is 5.75 Å². The van der Waals surface area contributed by atoms with Crippen molar-refractivity contribution < 1.29 is 22.7 Å². The Morgan fingerprint density at radius 3 is 2.19 bits per heavy atom. The number of rotatable bonds is 14. The Kier molecular flexibility index (Phi) is 12.1. The molecule has 11 heteroatoms. The van der Waals surface area contributed by atoms with E-state index in [1.807, 2.05) is 56.3 Å². The average Bonchev–Trinajstić information content (AvgIpc) is 2.93. The molecule has 0 heterocycles. The molecule has 0 fully saturated rings. The van der Waals surface area contributed by atoms with Crippen molar-refractivity contribution in [2.45, 2.75) is 51.7 Å². The van der Waals surface area contributed by atoms with E-state index in [0.717, 1.165) is 17.4 Å². The summed E-state index contributed by atoms with van der Waals surface area (Å²) in [4.78, 5) is 28.9. The van der Waals surface area contributed by atoms with Crippen LogP contribution in [0, 0.1) is 0 Å². The zero-order valence-electron chi connectivity index (χ0n) is 24.2. The van der Waals surface area contributed by atoms with Crippen molar-refractivity contribution in [1.82, 2.24) is 10.2 Å². The minimum absolute atomic E-state index is 0.0176. The quantitative estimate of drug-likeness (QED) is 0.245. The lowest BCUT2D eigenvalue weighted by Crippen LogP contribution is -2.51. The van der Waals surface area contributed by atoms with Crippen LogP contribution < -0.4 is 14.4 Å². The molecule has 0 spiro atoms. The van der Waals surface area contributed by atoms with Gasteiger partial charge >= 0.3 is 0 Å². The summed E-state index contributed by atoms with van der Waals surface area (Å²) in [6.45, 7) is 3.97. The van der Waals surface area contributed by atoms with E-state index in [9.17, 15) is 18.0 Å². The van der Waals surface area contributed by atoms with Crippen molar-refractivity contribution in [3.63, 3.8) is 0 Å². The third-order valence-corrected chi connectivity index (χ3v) is 8.29. The fraction of sp³-hybridized carbons (Fsp3) is 0.355. The van der Waals surface area contributed by atoms with E-state index >= 15 is 0 Å². The van der Waals surface area contributed by atoms with Gasteiger partial charge in [0.15, 0.2) is 0 Å². The molecule has 0 aliphatic carbocycles. The molecule has 1 N–H and O–H groups in total. The molecule has 42 heavy (non-hydrogen) atoms. The average molecular weight is 635 g/mol. The number of halogens is 2. The van der Waals surface area contributed by atoms with Crippen LogP contribution in [0.2, 0.25) is 10.0 Å². The fourth-order valence-electron chi connectivity index (χ4n) is 4.54. The van der Waals surface area contributed by atoms with E-state index in [0.29, 0.717) is 22.9 Å². The zero-order valence-corrected chi connectivity index (χ0v) is 26.5. The summed E-state index contributed by atoms with van der Waals surface area (Å²) in [5.74, 6) is -0.112. The largest absolute Gasteiger partial charge is 0.495 e. The third kappa shape index (κ3) is 9.64. The molecule has 226 valence electrons. The van der Waals surface area contributed by atoms with Gasteiger partial charge in [0.2, 0.25) is 21.8 Å². The first-order valence-corrected chi connectivity index (χ1v) is 16.2. The summed E-state index contributed by atoms with van der Waals surface area (Å²) in [5, 5.41) is 3.80. The van der Waals surface area contributed by atoms with E-state index in [1.54, 1.807) is 29.2 Å². The minimum Gasteiger partial charge on any atom is -0.495 e. The van der Waals surface area contributed by atoms with Crippen molar-refractivity contribution in [2.24, 2.45) is 0 Å². The zero-order chi connectivity index (χ0) is 30.9. The molecule has 3 rings (SSSR count). The maximum Gasteiger partial charge on any atom is 0.243 e. The lowest BCUT2D eigenvalue weighted by atomic mass is 10.0. The van der Waals surface area contributed by atoms with Crippen LogP contribution >= 0.6 is 23.2 Å². The van der Waals surface area contributed by atoms with Gasteiger partial charge in [-0.1, -0.05) is 65.7 Å². The van der Waals surface area contributed by atoms with Gasteiger partial charge in [-0.05, 0) is 61.7 Å². The summed E-state index contributed by atoms with van der Waals surface area (Å²) in [6, 6.07) is 20.4. The molecule has 0 aliphatic rings. The predicted octanol–water partition coefficient (Wildman–Crippen LogP) is 5.71. The Balaban J connectivity index is 1.88. The van der Waals surface area contributed by atoms with Gasteiger partial charge in [0.05, 0.1) is 24.1 Å². The second-order valence-corrected chi connectivity index (χ2v) is 13.0. The molecule has 0 bridgehead atoms. The van der Waals surface area contributed by atoms with E-state index in [1.165, 1.54) is 17.5 Å². The number of carbonyl (C=O) groups excluding carboxylic acids is 2. The number of amides is 2. The molecule has 8 nitrogen and oxygen atoms in total. The molecule has 3 aromatic rings. The molecule has 0 unspecified atom stereocenters. The number of carbonyl (C=O) groups is 2. The van der Waals surface area contributed by atoms with Crippen molar-refractivity contribution in [3.8, 4) is 5.75 Å². The molecule has 1 atom stereocenters. The van der Waals surface area contributed by atoms with Gasteiger partial charge in [-0.25, -0.2) is 8.42 Å². The van der Waals surface area contributed by atoms with E-state index < -0.39 is 16.1 Å². The molecular weight excluding hydrogens is 597 g/mol. The molecular formula is C31H37Cl2N3O5S. The lowest BCUT2D eigenvalue weighted by Gasteiger charge is -2.32. The van der Waals surface area contributed by atoms with E-state index in [-0.39, 0.29) is 48.8 Å². The van der Waals surface area contributed by atoms with Gasteiger partial charge in [0, 0.05) is 37.0 Å². The Bertz CT molecular complexity index is 1450. The van der Waals surface area contributed by atoms with Crippen LogP contribution in [0.1, 0.15) is 37.8 Å². The first-order valence-electron chi connectivity index (χ1n) is 13.6. The molecule has 2 amide bonds. The summed E-state index contributed by atoms with van der Waals surface area (Å²) < 4.78 is 31.7. The monoisotopic (exact) mass is 633 g/mol. The predicted molar refractivity (Wildman–Crippen MR) is 169 cm³/mol. The maximum atomic E-state index is 13.9. The minimum atomic E-state index is -3.68. The van der Waals surface area contributed by atoms with Gasteiger partial charge in [-0.3, -0.25) is 13.9 Å². The Morgan fingerprint density at radius 2 is 1.62 bits per heavy atom. The van der Waals surface area contributed by atoms with E-state index in [2.05, 4.69) is 5.32 Å². The van der Waals surface area contributed by atoms with Crippen LogP contribution in [0.25, 0.3) is 0 Å². The van der Waals surface area contributed by atoms with Crippen LogP contribution in [0.4, 0.5) is 5.69 Å². The topological polar surface area (TPSA) is 96.0 Å². The Hall–Kier alpha value is -3.27. The first-order chi connectivity index (χ1) is 19.9. The number of benzene rings is 3. The smallest absolute Gasteiger partial charge is 0.243 e. The molecule has 0 saturated carbocycles. The number of hydrogen-bond acceptors (Lipinski definition) is 5. The maximum absolute atomic E-state index is 13.9. The second kappa shape index (κ2) is 15.3. The highest BCUT2D eigenvalue weighted by molar-refractivity contribution is 7.92. The van der Waals surface area contributed by atoms with Crippen molar-refractivity contribution in [1.29, 1.82) is 0 Å². The van der Waals surface area contributed by atoms with Crippen LogP contribution in [-0.4, -0.2) is 57.1 Å². The highest BCUT2D eigenvalue weighted by Gasteiger charge is 2.31. The van der Waals surface area contributed by atoms with Crippen LogP contribution in [0.3, 0.4) is 0 Å². The van der Waals surface area contributed by atoms with Crippen LogP contribution in [0.15, 0.2) is 72.8 Å². The van der Waals surface area contributed by atoms with Gasteiger partial charge in [-0.2, -0.15) is 0 Å². The fourth-order valence-corrected chi connectivity index (χ4v) is 5.87.